The van der Waals surface area contributed by atoms with Crippen LogP contribution in [-0.2, 0) is 6.54 Å². The molecule has 1 heterocycles. The minimum absolute atomic E-state index is 0.259. The largest absolute Gasteiger partial charge is 0.380 e. The van der Waals surface area contributed by atoms with E-state index in [4.69, 9.17) is 0 Å². The number of fused-ring (bicyclic) bond motifs is 1. The number of benzene rings is 2. The fourth-order valence-electron chi connectivity index (χ4n) is 2.07. The molecule has 0 spiro atoms. The van der Waals surface area contributed by atoms with Crippen LogP contribution in [0.5, 0.6) is 0 Å². The highest BCUT2D eigenvalue weighted by molar-refractivity contribution is 5.90. The van der Waals surface area contributed by atoms with E-state index in [-0.39, 0.29) is 11.6 Å². The van der Waals surface area contributed by atoms with Crippen LogP contribution >= 0.6 is 0 Å². The van der Waals surface area contributed by atoms with Crippen molar-refractivity contribution < 1.29 is 8.78 Å². The molecule has 1 N–H and O–H groups in total. The monoisotopic (exact) mass is 270 g/mol. The number of hydrogen-bond acceptors (Lipinski definition) is 2. The summed E-state index contributed by atoms with van der Waals surface area (Å²) in [5.41, 5.74) is 2.49. The van der Waals surface area contributed by atoms with Gasteiger partial charge in [-0.2, -0.15) is 0 Å². The van der Waals surface area contributed by atoms with E-state index in [0.29, 0.717) is 6.54 Å². The summed E-state index contributed by atoms with van der Waals surface area (Å²) in [5, 5.41) is 3.95. The molecule has 2 nitrogen and oxygen atoms in total. The Morgan fingerprint density at radius 2 is 1.65 bits per heavy atom. The first kappa shape index (κ1) is 12.5. The molecule has 0 unspecified atom stereocenters. The highest BCUT2D eigenvalue weighted by Crippen LogP contribution is 2.22. The summed E-state index contributed by atoms with van der Waals surface area (Å²) in [7, 11) is 0. The Kier molecular flexibility index (Phi) is 3.29. The number of hydrogen-bond donors (Lipinski definition) is 1. The van der Waals surface area contributed by atoms with Crippen molar-refractivity contribution in [3.05, 3.63) is 71.9 Å². The lowest BCUT2D eigenvalue weighted by atomic mass is 10.1. The second kappa shape index (κ2) is 5.25. The van der Waals surface area contributed by atoms with E-state index in [0.717, 1.165) is 22.2 Å². The van der Waals surface area contributed by atoms with Crippen LogP contribution in [0.4, 0.5) is 14.5 Å². The van der Waals surface area contributed by atoms with Crippen LogP contribution in [0.2, 0.25) is 0 Å². The minimum atomic E-state index is -0.296. The Morgan fingerprint density at radius 1 is 0.900 bits per heavy atom. The van der Waals surface area contributed by atoms with E-state index >= 15 is 0 Å². The Hall–Kier alpha value is -2.49. The molecule has 3 aromatic rings. The second-order valence-corrected chi connectivity index (χ2v) is 4.50. The van der Waals surface area contributed by atoms with Gasteiger partial charge in [-0.15, -0.1) is 0 Å². The SMILES string of the molecule is Fc1ccc(CNc2ccnc3ccc(F)cc23)cc1. The Bertz CT molecular complexity index is 739. The maximum absolute atomic E-state index is 13.3. The molecule has 0 fully saturated rings. The van der Waals surface area contributed by atoms with Gasteiger partial charge in [-0.05, 0) is 42.0 Å². The third-order valence-corrected chi connectivity index (χ3v) is 3.10. The molecule has 1 aromatic heterocycles. The van der Waals surface area contributed by atoms with E-state index in [1.807, 2.05) is 0 Å². The summed E-state index contributed by atoms with van der Waals surface area (Å²) in [5.74, 6) is -0.555. The van der Waals surface area contributed by atoms with E-state index < -0.39 is 0 Å². The fourth-order valence-corrected chi connectivity index (χ4v) is 2.07. The minimum Gasteiger partial charge on any atom is -0.380 e. The summed E-state index contributed by atoms with van der Waals surface area (Å²) in [4.78, 5) is 4.19. The summed E-state index contributed by atoms with van der Waals surface area (Å²) in [6.45, 7) is 0.538. The number of pyridine rings is 1. The molecular formula is C16H12F2N2. The van der Waals surface area contributed by atoms with Crippen molar-refractivity contribution in [1.29, 1.82) is 0 Å². The quantitative estimate of drug-likeness (QED) is 0.774. The number of anilines is 1. The first-order valence-electron chi connectivity index (χ1n) is 6.25. The number of nitrogens with zero attached hydrogens (tertiary/aromatic N) is 1. The molecule has 0 atom stereocenters. The molecule has 3 rings (SSSR count). The second-order valence-electron chi connectivity index (χ2n) is 4.50. The van der Waals surface area contributed by atoms with Crippen molar-refractivity contribution >= 4 is 16.6 Å². The van der Waals surface area contributed by atoms with Gasteiger partial charge in [0.15, 0.2) is 0 Å². The summed E-state index contributed by atoms with van der Waals surface area (Å²) >= 11 is 0. The van der Waals surface area contributed by atoms with E-state index in [9.17, 15) is 8.78 Å². The highest BCUT2D eigenvalue weighted by atomic mass is 19.1. The zero-order valence-electron chi connectivity index (χ0n) is 10.6. The Balaban J connectivity index is 1.87. The first-order chi connectivity index (χ1) is 9.72. The lowest BCUT2D eigenvalue weighted by molar-refractivity contribution is 0.627. The first-order valence-corrected chi connectivity index (χ1v) is 6.25. The Morgan fingerprint density at radius 3 is 2.45 bits per heavy atom. The predicted molar refractivity (Wildman–Crippen MR) is 75.4 cm³/mol. The molecule has 4 heteroatoms. The molecule has 20 heavy (non-hydrogen) atoms. The van der Waals surface area contributed by atoms with Crippen molar-refractivity contribution in [2.75, 3.05) is 5.32 Å². The maximum Gasteiger partial charge on any atom is 0.124 e. The normalized spacial score (nSPS) is 10.7. The molecule has 0 bridgehead atoms. The third-order valence-electron chi connectivity index (χ3n) is 3.10. The number of halogens is 2. The molecule has 0 aliphatic rings. The molecular weight excluding hydrogens is 258 g/mol. The smallest absolute Gasteiger partial charge is 0.124 e. The van der Waals surface area contributed by atoms with Gasteiger partial charge in [0.05, 0.1) is 5.52 Å². The third kappa shape index (κ3) is 2.59. The number of nitrogens with one attached hydrogen (secondary N) is 1. The van der Waals surface area contributed by atoms with Gasteiger partial charge in [0.2, 0.25) is 0 Å². The molecule has 0 saturated heterocycles. The van der Waals surface area contributed by atoms with Gasteiger partial charge >= 0.3 is 0 Å². The van der Waals surface area contributed by atoms with E-state index in [1.54, 1.807) is 30.5 Å². The van der Waals surface area contributed by atoms with Gasteiger partial charge in [-0.3, -0.25) is 4.98 Å². The highest BCUT2D eigenvalue weighted by Gasteiger charge is 2.03. The van der Waals surface area contributed by atoms with Crippen LogP contribution in [0.1, 0.15) is 5.56 Å². The van der Waals surface area contributed by atoms with Crippen molar-refractivity contribution in [2.24, 2.45) is 0 Å². The standard InChI is InChI=1S/C16H12F2N2/c17-12-3-1-11(2-4-12)10-20-16-7-8-19-15-6-5-13(18)9-14(15)16/h1-9H,10H2,(H,19,20). The van der Waals surface area contributed by atoms with Crippen LogP contribution < -0.4 is 5.32 Å². The van der Waals surface area contributed by atoms with E-state index in [1.165, 1.54) is 24.3 Å². The molecule has 100 valence electrons. The summed E-state index contributed by atoms with van der Waals surface area (Å²) in [6, 6.07) is 12.6. The van der Waals surface area contributed by atoms with Crippen molar-refractivity contribution in [3.8, 4) is 0 Å². The average Bonchev–Trinajstić information content (AvgIpc) is 2.47. The van der Waals surface area contributed by atoms with Crippen molar-refractivity contribution in [2.45, 2.75) is 6.54 Å². The average molecular weight is 270 g/mol. The van der Waals surface area contributed by atoms with Gasteiger partial charge in [0, 0.05) is 23.8 Å². The maximum atomic E-state index is 13.3. The van der Waals surface area contributed by atoms with Crippen molar-refractivity contribution in [3.63, 3.8) is 0 Å². The van der Waals surface area contributed by atoms with Gasteiger partial charge in [0.1, 0.15) is 11.6 Å². The van der Waals surface area contributed by atoms with Crippen LogP contribution in [0, 0.1) is 11.6 Å². The topological polar surface area (TPSA) is 24.9 Å². The lowest BCUT2D eigenvalue weighted by Crippen LogP contribution is -2.00. The van der Waals surface area contributed by atoms with Gasteiger partial charge < -0.3 is 5.32 Å². The number of rotatable bonds is 3. The van der Waals surface area contributed by atoms with Gasteiger partial charge in [-0.1, -0.05) is 12.1 Å². The van der Waals surface area contributed by atoms with Gasteiger partial charge in [0.25, 0.3) is 0 Å². The molecule has 0 aliphatic heterocycles. The molecule has 0 radical (unpaired) electrons. The Labute approximate surface area is 115 Å². The zero-order chi connectivity index (χ0) is 13.9. The lowest BCUT2D eigenvalue weighted by Gasteiger charge is -2.09. The number of aromatic nitrogens is 1. The molecule has 0 amide bonds. The molecule has 0 saturated carbocycles. The van der Waals surface area contributed by atoms with Gasteiger partial charge in [-0.25, -0.2) is 8.78 Å². The molecule has 2 aromatic carbocycles. The zero-order valence-corrected chi connectivity index (χ0v) is 10.6. The predicted octanol–water partition coefficient (Wildman–Crippen LogP) is 4.13. The molecule has 0 aliphatic carbocycles. The van der Waals surface area contributed by atoms with Crippen LogP contribution in [0.15, 0.2) is 54.7 Å². The van der Waals surface area contributed by atoms with Crippen LogP contribution in [-0.4, -0.2) is 4.98 Å². The van der Waals surface area contributed by atoms with Crippen LogP contribution in [0.3, 0.4) is 0 Å². The van der Waals surface area contributed by atoms with E-state index in [2.05, 4.69) is 10.3 Å². The van der Waals surface area contributed by atoms with Crippen molar-refractivity contribution in [1.82, 2.24) is 4.98 Å². The fraction of sp³-hybridized carbons (Fsp3) is 0.0625. The van der Waals surface area contributed by atoms with Crippen LogP contribution in [0.25, 0.3) is 10.9 Å². The summed E-state index contributed by atoms with van der Waals surface area (Å²) in [6.07, 6.45) is 1.67. The summed E-state index contributed by atoms with van der Waals surface area (Å²) < 4.78 is 26.2.